The van der Waals surface area contributed by atoms with Gasteiger partial charge >= 0.3 is 0 Å². The molecule has 1 unspecified atom stereocenters. The standard InChI is InChI=1S/C23H34N4O3.HI/c1-18-10-11-22(30-18)21(27-12-4-5-13-27)17-25-23(24-2)26-19-8-6-9-20(16-19)29-15-7-14-28-3;/h6,8-11,16,21H,4-5,7,12-15,17H2,1-3H3,(H2,24,25,26);1H. The van der Waals surface area contributed by atoms with Crippen molar-refractivity contribution >= 4 is 35.6 Å². The zero-order valence-corrected chi connectivity index (χ0v) is 21.1. The van der Waals surface area contributed by atoms with Crippen LogP contribution in [-0.2, 0) is 4.74 Å². The Bertz CT molecular complexity index is 806. The average Bonchev–Trinajstić information content (AvgIpc) is 3.43. The molecule has 0 radical (unpaired) electrons. The number of hydrogen-bond acceptors (Lipinski definition) is 5. The number of furan rings is 1. The molecule has 1 fully saturated rings. The maximum atomic E-state index is 5.95. The lowest BCUT2D eigenvalue weighted by Gasteiger charge is -2.26. The molecule has 0 saturated carbocycles. The number of nitrogens with zero attached hydrogens (tertiary/aromatic N) is 2. The molecule has 2 N–H and O–H groups in total. The molecule has 0 spiro atoms. The zero-order valence-electron chi connectivity index (χ0n) is 18.7. The summed E-state index contributed by atoms with van der Waals surface area (Å²) in [5.74, 6) is 3.49. The zero-order chi connectivity index (χ0) is 21.2. The third-order valence-electron chi connectivity index (χ3n) is 5.22. The molecular weight excluding hydrogens is 507 g/mol. The maximum absolute atomic E-state index is 5.95. The normalized spacial score (nSPS) is 15.4. The molecule has 2 heterocycles. The third kappa shape index (κ3) is 8.01. The molecule has 0 bridgehead atoms. The molecule has 31 heavy (non-hydrogen) atoms. The number of guanidine groups is 1. The van der Waals surface area contributed by atoms with Crippen LogP contribution in [0.4, 0.5) is 5.69 Å². The van der Waals surface area contributed by atoms with Crippen LogP contribution in [0.25, 0.3) is 0 Å². The summed E-state index contributed by atoms with van der Waals surface area (Å²) in [4.78, 5) is 6.86. The molecule has 1 aliphatic heterocycles. The summed E-state index contributed by atoms with van der Waals surface area (Å²) in [6.07, 6.45) is 3.34. The van der Waals surface area contributed by atoms with Crippen LogP contribution in [0.5, 0.6) is 5.75 Å². The summed E-state index contributed by atoms with van der Waals surface area (Å²) >= 11 is 0. The fourth-order valence-electron chi connectivity index (χ4n) is 3.66. The van der Waals surface area contributed by atoms with Gasteiger partial charge in [0.2, 0.25) is 0 Å². The fraction of sp³-hybridized carbons (Fsp3) is 0.522. The molecule has 2 aromatic rings. The second-order valence-corrected chi connectivity index (χ2v) is 7.51. The number of benzene rings is 1. The van der Waals surface area contributed by atoms with Gasteiger partial charge in [-0.15, -0.1) is 24.0 Å². The second-order valence-electron chi connectivity index (χ2n) is 7.51. The summed E-state index contributed by atoms with van der Waals surface area (Å²) in [7, 11) is 3.48. The number of rotatable bonds is 10. The fourth-order valence-corrected chi connectivity index (χ4v) is 3.66. The maximum Gasteiger partial charge on any atom is 0.195 e. The Hall–Kier alpha value is -1.78. The van der Waals surface area contributed by atoms with Gasteiger partial charge in [-0.2, -0.15) is 0 Å². The SMILES string of the molecule is CN=C(NCC(c1ccc(C)o1)N1CCCC1)Nc1cccc(OCCCOC)c1.I. The first kappa shape index (κ1) is 25.5. The number of halogens is 1. The highest BCUT2D eigenvalue weighted by Crippen LogP contribution is 2.26. The number of aliphatic imine (C=N–C) groups is 1. The van der Waals surface area contributed by atoms with Crippen molar-refractivity contribution in [1.82, 2.24) is 10.2 Å². The minimum Gasteiger partial charge on any atom is -0.493 e. The molecular formula is C23H35IN4O3. The van der Waals surface area contributed by atoms with Gasteiger partial charge in [0.25, 0.3) is 0 Å². The van der Waals surface area contributed by atoms with Crippen molar-refractivity contribution in [2.24, 2.45) is 4.99 Å². The van der Waals surface area contributed by atoms with Crippen molar-refractivity contribution in [1.29, 1.82) is 0 Å². The summed E-state index contributed by atoms with van der Waals surface area (Å²) in [5, 5.41) is 6.82. The van der Waals surface area contributed by atoms with Gasteiger partial charge in [-0.25, -0.2) is 0 Å². The van der Waals surface area contributed by atoms with Crippen LogP contribution >= 0.6 is 24.0 Å². The first-order chi connectivity index (χ1) is 14.7. The van der Waals surface area contributed by atoms with Crippen molar-refractivity contribution in [2.45, 2.75) is 32.2 Å². The minimum absolute atomic E-state index is 0. The molecule has 1 aromatic heterocycles. The molecule has 3 rings (SSSR count). The van der Waals surface area contributed by atoms with Crippen LogP contribution in [0.2, 0.25) is 0 Å². The van der Waals surface area contributed by atoms with E-state index in [0.29, 0.717) is 13.2 Å². The van der Waals surface area contributed by atoms with E-state index in [9.17, 15) is 0 Å². The number of nitrogens with one attached hydrogen (secondary N) is 2. The molecule has 172 valence electrons. The number of methoxy groups -OCH3 is 1. The molecule has 1 saturated heterocycles. The van der Waals surface area contributed by atoms with Gasteiger partial charge in [-0.1, -0.05) is 6.07 Å². The van der Waals surface area contributed by atoms with Crippen LogP contribution in [0.1, 0.15) is 36.8 Å². The predicted octanol–water partition coefficient (Wildman–Crippen LogP) is 4.45. The van der Waals surface area contributed by atoms with Crippen molar-refractivity contribution in [2.75, 3.05) is 52.3 Å². The van der Waals surface area contributed by atoms with E-state index in [2.05, 4.69) is 26.6 Å². The lowest BCUT2D eigenvalue weighted by Crippen LogP contribution is -2.39. The van der Waals surface area contributed by atoms with Gasteiger partial charge < -0.3 is 24.5 Å². The second kappa shape index (κ2) is 13.6. The highest BCUT2D eigenvalue weighted by molar-refractivity contribution is 14.0. The molecule has 1 atom stereocenters. The monoisotopic (exact) mass is 542 g/mol. The molecule has 1 aromatic carbocycles. The summed E-state index contributed by atoms with van der Waals surface area (Å²) < 4.78 is 16.8. The Kier molecular flexibility index (Phi) is 11.2. The Morgan fingerprint density at radius 2 is 2.00 bits per heavy atom. The Morgan fingerprint density at radius 1 is 1.19 bits per heavy atom. The van der Waals surface area contributed by atoms with Gasteiger partial charge in [-0.3, -0.25) is 9.89 Å². The lowest BCUT2D eigenvalue weighted by atomic mass is 10.2. The molecule has 7 nitrogen and oxygen atoms in total. The molecule has 0 aliphatic carbocycles. The topological polar surface area (TPSA) is 71.3 Å². The smallest absolute Gasteiger partial charge is 0.195 e. The Balaban J connectivity index is 0.00000341. The summed E-state index contributed by atoms with van der Waals surface area (Å²) in [5.41, 5.74) is 0.930. The van der Waals surface area contributed by atoms with Crippen LogP contribution in [0, 0.1) is 6.92 Å². The number of hydrogen-bond donors (Lipinski definition) is 2. The number of ether oxygens (including phenoxy) is 2. The summed E-state index contributed by atoms with van der Waals surface area (Å²) in [6, 6.07) is 12.2. The van der Waals surface area contributed by atoms with Gasteiger partial charge in [0.1, 0.15) is 17.3 Å². The lowest BCUT2D eigenvalue weighted by molar-refractivity contribution is 0.172. The van der Waals surface area contributed by atoms with Gasteiger partial charge in [0.15, 0.2) is 5.96 Å². The average molecular weight is 542 g/mol. The highest BCUT2D eigenvalue weighted by Gasteiger charge is 2.26. The van der Waals surface area contributed by atoms with Crippen molar-refractivity contribution in [3.63, 3.8) is 0 Å². The van der Waals surface area contributed by atoms with Crippen LogP contribution < -0.4 is 15.4 Å². The van der Waals surface area contributed by atoms with E-state index < -0.39 is 0 Å². The first-order valence-electron chi connectivity index (χ1n) is 10.7. The quantitative estimate of drug-likeness (QED) is 0.200. The van der Waals surface area contributed by atoms with Crippen molar-refractivity contribution < 1.29 is 13.9 Å². The first-order valence-corrected chi connectivity index (χ1v) is 10.7. The minimum atomic E-state index is 0. The van der Waals surface area contributed by atoms with Crippen LogP contribution in [0.3, 0.4) is 0 Å². The number of likely N-dealkylation sites (tertiary alicyclic amines) is 1. The van der Waals surface area contributed by atoms with Crippen molar-refractivity contribution in [3.05, 3.63) is 47.9 Å². The van der Waals surface area contributed by atoms with Crippen LogP contribution in [0.15, 0.2) is 45.8 Å². The third-order valence-corrected chi connectivity index (χ3v) is 5.22. The Morgan fingerprint density at radius 3 is 2.68 bits per heavy atom. The largest absolute Gasteiger partial charge is 0.493 e. The predicted molar refractivity (Wildman–Crippen MR) is 136 cm³/mol. The van der Waals surface area contributed by atoms with E-state index in [-0.39, 0.29) is 30.0 Å². The van der Waals surface area contributed by atoms with E-state index >= 15 is 0 Å². The van der Waals surface area contributed by atoms with E-state index in [4.69, 9.17) is 13.9 Å². The van der Waals surface area contributed by atoms with Crippen molar-refractivity contribution in [3.8, 4) is 5.75 Å². The van der Waals surface area contributed by atoms with Crippen LogP contribution in [-0.4, -0.2) is 57.9 Å². The van der Waals surface area contributed by atoms with E-state index in [1.165, 1.54) is 12.8 Å². The van der Waals surface area contributed by atoms with Gasteiger partial charge in [0.05, 0.1) is 12.6 Å². The summed E-state index contributed by atoms with van der Waals surface area (Å²) in [6.45, 7) is 6.23. The molecule has 0 amide bonds. The van der Waals surface area contributed by atoms with E-state index in [1.54, 1.807) is 14.2 Å². The number of aryl methyl sites for hydroxylation is 1. The molecule has 1 aliphatic rings. The van der Waals surface area contributed by atoms with E-state index in [1.807, 2.05) is 37.3 Å². The molecule has 8 heteroatoms. The van der Waals surface area contributed by atoms with E-state index in [0.717, 1.165) is 55.0 Å². The van der Waals surface area contributed by atoms with Gasteiger partial charge in [-0.05, 0) is 57.1 Å². The number of anilines is 1. The highest BCUT2D eigenvalue weighted by atomic mass is 127. The Labute approximate surface area is 202 Å². The van der Waals surface area contributed by atoms with Gasteiger partial charge in [0, 0.05) is 45.5 Å².